The van der Waals surface area contributed by atoms with E-state index in [4.69, 9.17) is 27.4 Å². The minimum Gasteiger partial charge on any atom is -0.485 e. The molecule has 0 aliphatic carbocycles. The van der Waals surface area contributed by atoms with Crippen molar-refractivity contribution in [3.63, 3.8) is 0 Å². The van der Waals surface area contributed by atoms with E-state index in [1.807, 2.05) is 18.2 Å². The minimum atomic E-state index is -0.597. The second-order valence-electron chi connectivity index (χ2n) is 4.58. The van der Waals surface area contributed by atoms with E-state index < -0.39 is 6.10 Å². The van der Waals surface area contributed by atoms with Crippen molar-refractivity contribution in [1.29, 1.82) is 0 Å². The number of carbonyl (C=O) groups is 1. The zero-order valence-electron chi connectivity index (χ0n) is 11.1. The van der Waals surface area contributed by atoms with Gasteiger partial charge in [0.05, 0.1) is 4.99 Å². The molecule has 1 atom stereocenters. The molecule has 0 saturated heterocycles. The Labute approximate surface area is 123 Å². The van der Waals surface area contributed by atoms with Crippen LogP contribution in [0.3, 0.4) is 0 Å². The van der Waals surface area contributed by atoms with Crippen molar-refractivity contribution < 1.29 is 14.3 Å². The van der Waals surface area contributed by atoms with Gasteiger partial charge in [-0.15, -0.1) is 0 Å². The molecule has 0 aromatic heterocycles. The Morgan fingerprint density at radius 1 is 1.35 bits per heavy atom. The Balaban J connectivity index is 1.73. The number of amides is 1. The lowest BCUT2D eigenvalue weighted by Crippen LogP contribution is -2.44. The summed E-state index contributed by atoms with van der Waals surface area (Å²) in [5.41, 5.74) is 5.40. The number of nitrogens with one attached hydrogen (secondary N) is 1. The molecular formula is C14H18N2O3S. The van der Waals surface area contributed by atoms with Gasteiger partial charge >= 0.3 is 0 Å². The predicted octanol–water partition coefficient (Wildman–Crippen LogP) is 1.40. The van der Waals surface area contributed by atoms with E-state index >= 15 is 0 Å². The van der Waals surface area contributed by atoms with Crippen LogP contribution in [0.25, 0.3) is 0 Å². The monoisotopic (exact) mass is 294 g/mol. The fourth-order valence-corrected chi connectivity index (χ4v) is 2.04. The molecule has 108 valence electrons. The van der Waals surface area contributed by atoms with Crippen molar-refractivity contribution in [2.45, 2.75) is 25.4 Å². The van der Waals surface area contributed by atoms with Crippen LogP contribution in [0, 0.1) is 0 Å². The van der Waals surface area contributed by atoms with Crippen LogP contribution in [-0.2, 0) is 4.79 Å². The molecule has 0 fully saturated rings. The van der Waals surface area contributed by atoms with Gasteiger partial charge in [0.1, 0.15) is 6.61 Å². The molecule has 1 heterocycles. The first-order valence-corrected chi connectivity index (χ1v) is 7.02. The molecule has 2 rings (SSSR count). The standard InChI is InChI=1S/C14H18N2O3S/c15-13(20)7-3-4-8-16-14(17)12-9-18-10-5-1-2-6-11(10)19-12/h1-2,5-6,12H,3-4,7-9H2,(H2,15,20)(H,16,17). The summed E-state index contributed by atoms with van der Waals surface area (Å²) >= 11 is 4.79. The third kappa shape index (κ3) is 4.09. The van der Waals surface area contributed by atoms with Crippen LogP contribution in [0.15, 0.2) is 24.3 Å². The zero-order valence-corrected chi connectivity index (χ0v) is 11.9. The van der Waals surface area contributed by atoms with Gasteiger partial charge in [0, 0.05) is 6.54 Å². The number of hydrogen-bond acceptors (Lipinski definition) is 4. The molecule has 1 aliphatic heterocycles. The number of unbranched alkanes of at least 4 members (excludes halogenated alkanes) is 1. The number of thiocarbonyl (C=S) groups is 1. The first-order chi connectivity index (χ1) is 9.66. The number of hydrogen-bond donors (Lipinski definition) is 2. The second-order valence-corrected chi connectivity index (χ2v) is 5.10. The molecule has 1 aromatic rings. The highest BCUT2D eigenvalue weighted by molar-refractivity contribution is 7.80. The Bertz CT molecular complexity index is 493. The van der Waals surface area contributed by atoms with Crippen molar-refractivity contribution in [3.8, 4) is 11.5 Å². The summed E-state index contributed by atoms with van der Waals surface area (Å²) in [5, 5.41) is 2.83. The predicted molar refractivity (Wildman–Crippen MR) is 80.0 cm³/mol. The van der Waals surface area contributed by atoms with Crippen LogP contribution in [0.2, 0.25) is 0 Å². The number of para-hydroxylation sites is 2. The summed E-state index contributed by atoms with van der Waals surface area (Å²) in [6.45, 7) is 0.818. The maximum absolute atomic E-state index is 11.9. The largest absolute Gasteiger partial charge is 0.485 e. The number of carbonyl (C=O) groups excluding carboxylic acids is 1. The molecule has 1 unspecified atom stereocenters. The lowest BCUT2D eigenvalue weighted by atomic mass is 10.2. The van der Waals surface area contributed by atoms with Gasteiger partial charge in [-0.25, -0.2) is 0 Å². The fraction of sp³-hybridized carbons (Fsp3) is 0.429. The van der Waals surface area contributed by atoms with Crippen LogP contribution in [-0.4, -0.2) is 30.2 Å². The maximum atomic E-state index is 11.9. The molecular weight excluding hydrogens is 276 g/mol. The quantitative estimate of drug-likeness (QED) is 0.613. The summed E-state index contributed by atoms with van der Waals surface area (Å²) in [6.07, 6.45) is 1.83. The fourth-order valence-electron chi connectivity index (χ4n) is 1.90. The van der Waals surface area contributed by atoms with Gasteiger partial charge in [0.25, 0.3) is 5.91 Å². The molecule has 20 heavy (non-hydrogen) atoms. The molecule has 1 aliphatic rings. The van der Waals surface area contributed by atoms with E-state index in [0.717, 1.165) is 12.8 Å². The molecule has 5 nitrogen and oxygen atoms in total. The average molecular weight is 294 g/mol. The van der Waals surface area contributed by atoms with Crippen LogP contribution in [0.5, 0.6) is 11.5 Å². The van der Waals surface area contributed by atoms with Gasteiger partial charge in [0.15, 0.2) is 11.5 Å². The van der Waals surface area contributed by atoms with Gasteiger partial charge in [-0.05, 0) is 31.4 Å². The number of ether oxygens (including phenoxy) is 2. The highest BCUT2D eigenvalue weighted by atomic mass is 32.1. The van der Waals surface area contributed by atoms with Gasteiger partial charge in [-0.3, -0.25) is 4.79 Å². The molecule has 0 radical (unpaired) electrons. The zero-order chi connectivity index (χ0) is 14.4. The van der Waals surface area contributed by atoms with Crippen molar-refractivity contribution in [3.05, 3.63) is 24.3 Å². The summed E-state index contributed by atoms with van der Waals surface area (Å²) in [4.78, 5) is 12.4. The first kappa shape index (κ1) is 14.6. The van der Waals surface area contributed by atoms with Crippen LogP contribution in [0.4, 0.5) is 0 Å². The topological polar surface area (TPSA) is 73.6 Å². The Morgan fingerprint density at radius 2 is 2.10 bits per heavy atom. The highest BCUT2D eigenvalue weighted by Crippen LogP contribution is 2.30. The summed E-state index contributed by atoms with van der Waals surface area (Å²) in [5.74, 6) is 1.12. The van der Waals surface area contributed by atoms with E-state index in [2.05, 4.69) is 5.32 Å². The number of benzene rings is 1. The van der Waals surface area contributed by atoms with Crippen molar-refractivity contribution in [1.82, 2.24) is 5.32 Å². The SMILES string of the molecule is NC(=S)CCCCNC(=O)C1COc2ccccc2O1. The number of rotatable bonds is 6. The summed E-state index contributed by atoms with van der Waals surface area (Å²) in [7, 11) is 0. The number of nitrogens with two attached hydrogens (primary N) is 1. The van der Waals surface area contributed by atoms with Crippen LogP contribution < -0.4 is 20.5 Å². The van der Waals surface area contributed by atoms with E-state index in [0.29, 0.717) is 29.5 Å². The maximum Gasteiger partial charge on any atom is 0.264 e. The normalized spacial score (nSPS) is 16.5. The number of fused-ring (bicyclic) bond motifs is 1. The van der Waals surface area contributed by atoms with Crippen molar-refractivity contribution >= 4 is 23.1 Å². The third-order valence-corrected chi connectivity index (χ3v) is 3.15. The summed E-state index contributed by atoms with van der Waals surface area (Å²) < 4.78 is 11.1. The minimum absolute atomic E-state index is 0.158. The highest BCUT2D eigenvalue weighted by Gasteiger charge is 2.26. The molecule has 3 N–H and O–H groups in total. The molecule has 1 aromatic carbocycles. The van der Waals surface area contributed by atoms with Gasteiger partial charge in [-0.1, -0.05) is 24.4 Å². The second kappa shape index (κ2) is 7.09. The van der Waals surface area contributed by atoms with E-state index in [1.165, 1.54) is 0 Å². The molecule has 0 saturated carbocycles. The average Bonchev–Trinajstić information content (AvgIpc) is 2.46. The molecule has 0 spiro atoms. The lowest BCUT2D eigenvalue weighted by molar-refractivity contribution is -0.130. The smallest absolute Gasteiger partial charge is 0.264 e. The van der Waals surface area contributed by atoms with Crippen LogP contribution >= 0.6 is 12.2 Å². The molecule has 6 heteroatoms. The molecule has 1 amide bonds. The summed E-state index contributed by atoms with van der Waals surface area (Å²) in [6, 6.07) is 7.32. The first-order valence-electron chi connectivity index (χ1n) is 6.61. The van der Waals surface area contributed by atoms with E-state index in [1.54, 1.807) is 6.07 Å². The van der Waals surface area contributed by atoms with Gasteiger partial charge in [-0.2, -0.15) is 0 Å². The van der Waals surface area contributed by atoms with Gasteiger partial charge in [0.2, 0.25) is 6.10 Å². The van der Waals surface area contributed by atoms with Crippen molar-refractivity contribution in [2.24, 2.45) is 5.73 Å². The van der Waals surface area contributed by atoms with Crippen molar-refractivity contribution in [2.75, 3.05) is 13.2 Å². The van der Waals surface area contributed by atoms with E-state index in [9.17, 15) is 4.79 Å². The van der Waals surface area contributed by atoms with E-state index in [-0.39, 0.29) is 12.5 Å². The third-order valence-electron chi connectivity index (χ3n) is 2.95. The van der Waals surface area contributed by atoms with Crippen LogP contribution in [0.1, 0.15) is 19.3 Å². The molecule has 0 bridgehead atoms. The Hall–Kier alpha value is -1.82. The van der Waals surface area contributed by atoms with Gasteiger partial charge < -0.3 is 20.5 Å². The lowest BCUT2D eigenvalue weighted by Gasteiger charge is -2.25. The Kier molecular flexibility index (Phi) is 5.17. The Morgan fingerprint density at radius 3 is 2.85 bits per heavy atom.